The minimum absolute atomic E-state index is 0.285. The highest BCUT2D eigenvalue weighted by Gasteiger charge is 2.33. The van der Waals surface area contributed by atoms with Gasteiger partial charge in [0.1, 0.15) is 10.9 Å². The molecular weight excluding hydrogens is 304 g/mol. The average molecular weight is 318 g/mol. The smallest absolute Gasteiger partial charge is 0.326 e. The molecule has 1 saturated heterocycles. The molecule has 1 fully saturated rings. The number of amides is 1. The van der Waals surface area contributed by atoms with Gasteiger partial charge in [0.25, 0.3) is 5.91 Å². The summed E-state index contributed by atoms with van der Waals surface area (Å²) >= 11 is 1.18. The van der Waals surface area contributed by atoms with Crippen molar-refractivity contribution in [3.8, 4) is 10.8 Å². The number of thiazole rings is 1. The third-order valence-corrected chi connectivity index (χ3v) is 4.50. The molecule has 114 valence electrons. The number of carbonyl (C=O) groups excluding carboxylic acids is 1. The molecule has 1 aliphatic heterocycles. The number of carbonyl (C=O) groups is 2. The second-order valence-corrected chi connectivity index (χ2v) is 5.98. The molecule has 0 spiro atoms. The van der Waals surface area contributed by atoms with Crippen LogP contribution in [0.4, 0.5) is 0 Å². The van der Waals surface area contributed by atoms with Gasteiger partial charge in [0.2, 0.25) is 0 Å². The summed E-state index contributed by atoms with van der Waals surface area (Å²) in [5.41, 5.74) is 0. The van der Waals surface area contributed by atoms with Crippen LogP contribution in [0.5, 0.6) is 0 Å². The lowest BCUT2D eigenvalue weighted by Crippen LogP contribution is -2.47. The fourth-order valence-electron chi connectivity index (χ4n) is 2.46. The summed E-state index contributed by atoms with van der Waals surface area (Å²) in [5.74, 6) is -0.782. The molecule has 22 heavy (non-hydrogen) atoms. The van der Waals surface area contributed by atoms with E-state index in [-0.39, 0.29) is 5.91 Å². The van der Waals surface area contributed by atoms with Crippen molar-refractivity contribution < 1.29 is 14.7 Å². The summed E-state index contributed by atoms with van der Waals surface area (Å²) in [6, 6.07) is 0.953. The molecule has 0 bridgehead atoms. The van der Waals surface area contributed by atoms with Gasteiger partial charge in [-0.15, -0.1) is 11.3 Å². The minimum Gasteiger partial charge on any atom is -0.480 e. The maximum atomic E-state index is 12.6. The van der Waals surface area contributed by atoms with E-state index in [1.807, 2.05) is 0 Å². The van der Waals surface area contributed by atoms with Gasteiger partial charge in [-0.2, -0.15) is 0 Å². The second-order valence-electron chi connectivity index (χ2n) is 4.95. The standard InChI is InChI=1S/C14H14N4O3S/c19-13(18-7-2-1-4-9(18)14(20)21)10-8-17-12(22-10)11-15-5-3-6-16-11/h3,5-6,8-9H,1-2,4,7H2,(H,20,21)/t9-/m0/s1. The number of aliphatic carboxylic acids is 1. The normalized spacial score (nSPS) is 18.2. The molecule has 1 N–H and O–H groups in total. The maximum Gasteiger partial charge on any atom is 0.326 e. The van der Waals surface area contributed by atoms with E-state index >= 15 is 0 Å². The Bertz CT molecular complexity index is 688. The molecule has 1 atom stereocenters. The Hall–Kier alpha value is -2.35. The van der Waals surface area contributed by atoms with E-state index in [9.17, 15) is 14.7 Å². The highest BCUT2D eigenvalue weighted by molar-refractivity contribution is 7.16. The Labute approximate surface area is 130 Å². The largest absolute Gasteiger partial charge is 0.480 e. The summed E-state index contributed by atoms with van der Waals surface area (Å²) in [6.07, 6.45) is 6.82. The molecule has 2 aromatic rings. The first-order valence-corrected chi connectivity index (χ1v) is 7.75. The van der Waals surface area contributed by atoms with Crippen molar-refractivity contribution in [1.29, 1.82) is 0 Å². The molecule has 0 unspecified atom stereocenters. The van der Waals surface area contributed by atoms with Gasteiger partial charge in [0.15, 0.2) is 10.8 Å². The number of aromatic nitrogens is 3. The van der Waals surface area contributed by atoms with E-state index in [2.05, 4.69) is 15.0 Å². The molecule has 0 aliphatic carbocycles. The zero-order chi connectivity index (χ0) is 15.5. The Balaban J connectivity index is 1.83. The zero-order valence-electron chi connectivity index (χ0n) is 11.7. The fraction of sp³-hybridized carbons (Fsp3) is 0.357. The van der Waals surface area contributed by atoms with Crippen LogP contribution < -0.4 is 0 Å². The summed E-state index contributed by atoms with van der Waals surface area (Å²) in [6.45, 7) is 0.463. The molecule has 0 saturated carbocycles. The Morgan fingerprint density at radius 1 is 1.23 bits per heavy atom. The van der Waals surface area contributed by atoms with Crippen molar-refractivity contribution >= 4 is 23.2 Å². The van der Waals surface area contributed by atoms with E-state index in [0.29, 0.717) is 28.7 Å². The third kappa shape index (κ3) is 2.82. The molecule has 7 nitrogen and oxygen atoms in total. The summed E-state index contributed by atoms with van der Waals surface area (Å²) in [7, 11) is 0. The van der Waals surface area contributed by atoms with E-state index in [1.165, 1.54) is 22.4 Å². The van der Waals surface area contributed by atoms with Crippen molar-refractivity contribution in [2.45, 2.75) is 25.3 Å². The van der Waals surface area contributed by atoms with Gasteiger partial charge in [-0.05, 0) is 25.3 Å². The second kappa shape index (κ2) is 6.18. The molecule has 3 rings (SSSR count). The van der Waals surface area contributed by atoms with Gasteiger partial charge in [-0.3, -0.25) is 4.79 Å². The Morgan fingerprint density at radius 3 is 2.73 bits per heavy atom. The molecular formula is C14H14N4O3S. The van der Waals surface area contributed by atoms with Crippen LogP contribution in [0.15, 0.2) is 24.7 Å². The monoisotopic (exact) mass is 318 g/mol. The number of nitrogens with zero attached hydrogens (tertiary/aromatic N) is 4. The van der Waals surface area contributed by atoms with Crippen LogP contribution in [-0.2, 0) is 4.79 Å². The van der Waals surface area contributed by atoms with Crippen molar-refractivity contribution in [1.82, 2.24) is 19.9 Å². The highest BCUT2D eigenvalue weighted by Crippen LogP contribution is 2.26. The number of hydrogen-bond donors (Lipinski definition) is 1. The minimum atomic E-state index is -0.954. The van der Waals surface area contributed by atoms with Gasteiger partial charge in [-0.1, -0.05) is 0 Å². The van der Waals surface area contributed by atoms with Crippen molar-refractivity contribution in [2.24, 2.45) is 0 Å². The van der Waals surface area contributed by atoms with Crippen LogP contribution >= 0.6 is 11.3 Å². The van der Waals surface area contributed by atoms with Crippen LogP contribution in [-0.4, -0.2) is 49.4 Å². The Kier molecular flexibility index (Phi) is 4.10. The lowest BCUT2D eigenvalue weighted by atomic mass is 10.0. The summed E-state index contributed by atoms with van der Waals surface area (Å²) in [4.78, 5) is 38.1. The van der Waals surface area contributed by atoms with Gasteiger partial charge >= 0.3 is 5.97 Å². The number of piperidine rings is 1. The fourth-order valence-corrected chi connectivity index (χ4v) is 3.28. The van der Waals surface area contributed by atoms with E-state index < -0.39 is 12.0 Å². The van der Waals surface area contributed by atoms with Crippen molar-refractivity contribution in [2.75, 3.05) is 6.54 Å². The first-order valence-electron chi connectivity index (χ1n) is 6.94. The average Bonchev–Trinajstić information content (AvgIpc) is 3.05. The first-order chi connectivity index (χ1) is 10.7. The number of likely N-dealkylation sites (tertiary alicyclic amines) is 1. The number of carboxylic acids is 1. The predicted molar refractivity (Wildman–Crippen MR) is 79.5 cm³/mol. The molecule has 2 aromatic heterocycles. The molecule has 1 amide bonds. The molecule has 0 radical (unpaired) electrons. The summed E-state index contributed by atoms with van der Waals surface area (Å²) in [5, 5.41) is 9.81. The predicted octanol–water partition coefficient (Wildman–Crippen LogP) is 1.68. The summed E-state index contributed by atoms with van der Waals surface area (Å²) < 4.78 is 0. The highest BCUT2D eigenvalue weighted by atomic mass is 32.1. The lowest BCUT2D eigenvalue weighted by Gasteiger charge is -2.32. The van der Waals surface area contributed by atoms with Crippen LogP contribution in [0.25, 0.3) is 10.8 Å². The first kappa shape index (κ1) is 14.6. The lowest BCUT2D eigenvalue weighted by molar-refractivity contribution is -0.143. The SMILES string of the molecule is O=C(O)[C@@H]1CCCCN1C(=O)c1cnc(-c2ncccn2)s1. The van der Waals surface area contributed by atoms with Gasteiger partial charge in [0, 0.05) is 18.9 Å². The molecule has 8 heteroatoms. The van der Waals surface area contributed by atoms with Crippen LogP contribution in [0.2, 0.25) is 0 Å². The van der Waals surface area contributed by atoms with Gasteiger partial charge < -0.3 is 10.0 Å². The van der Waals surface area contributed by atoms with E-state index in [4.69, 9.17) is 0 Å². The number of rotatable bonds is 3. The quantitative estimate of drug-likeness (QED) is 0.925. The third-order valence-electron chi connectivity index (χ3n) is 3.52. The van der Waals surface area contributed by atoms with Crippen LogP contribution in [0.1, 0.15) is 28.9 Å². The van der Waals surface area contributed by atoms with E-state index in [1.54, 1.807) is 18.5 Å². The Morgan fingerprint density at radius 2 is 2.00 bits per heavy atom. The topological polar surface area (TPSA) is 96.3 Å². The number of hydrogen-bond acceptors (Lipinski definition) is 6. The molecule has 0 aromatic carbocycles. The maximum absolute atomic E-state index is 12.6. The van der Waals surface area contributed by atoms with Crippen molar-refractivity contribution in [3.05, 3.63) is 29.5 Å². The van der Waals surface area contributed by atoms with E-state index in [0.717, 1.165) is 12.8 Å². The molecule has 3 heterocycles. The molecule has 1 aliphatic rings. The number of carboxylic acid groups (broad SMARTS) is 1. The zero-order valence-corrected chi connectivity index (χ0v) is 12.5. The van der Waals surface area contributed by atoms with Crippen molar-refractivity contribution in [3.63, 3.8) is 0 Å². The van der Waals surface area contributed by atoms with Crippen LogP contribution in [0.3, 0.4) is 0 Å². The van der Waals surface area contributed by atoms with Gasteiger partial charge in [0.05, 0.1) is 6.20 Å². The van der Waals surface area contributed by atoms with Crippen LogP contribution in [0, 0.1) is 0 Å². The van der Waals surface area contributed by atoms with Gasteiger partial charge in [-0.25, -0.2) is 19.7 Å².